The van der Waals surface area contributed by atoms with Gasteiger partial charge in [-0.2, -0.15) is 0 Å². The van der Waals surface area contributed by atoms with Gasteiger partial charge in [0.25, 0.3) is 0 Å². The molecule has 2 bridgehead atoms. The van der Waals surface area contributed by atoms with Gasteiger partial charge in [0.15, 0.2) is 0 Å². The second-order valence-corrected chi connectivity index (χ2v) is 14.7. The fourth-order valence-corrected chi connectivity index (χ4v) is 10.4. The first-order chi connectivity index (χ1) is 23.9. The summed E-state index contributed by atoms with van der Waals surface area (Å²) in [6.07, 6.45) is 4.78. The normalized spacial score (nSPS) is 26.7. The number of carbonyl (C=O) groups is 3. The third kappa shape index (κ3) is 6.66. The summed E-state index contributed by atoms with van der Waals surface area (Å²) >= 11 is 1.64. The molecule has 6 atom stereocenters. The van der Waals surface area contributed by atoms with Crippen LogP contribution in [-0.4, -0.2) is 119 Å². The Kier molecular flexibility index (Phi) is 11.1. The molecule has 1 N–H and O–H groups in total. The molecule has 4 aliphatic heterocycles. The van der Waals surface area contributed by atoms with Crippen molar-refractivity contribution in [3.63, 3.8) is 0 Å². The van der Waals surface area contributed by atoms with E-state index in [1.54, 1.807) is 38.6 Å². The largest absolute Gasteiger partial charge is 0.494 e. The number of anilines is 1. The lowest BCUT2D eigenvalue weighted by atomic mass is 9.70. The van der Waals surface area contributed by atoms with Crippen molar-refractivity contribution in [2.75, 3.05) is 70.6 Å². The molecule has 0 radical (unpaired) electrons. The molecule has 2 aromatic carbocycles. The maximum Gasteiger partial charge on any atom is 0.247 e. The van der Waals surface area contributed by atoms with Gasteiger partial charge in [-0.25, -0.2) is 0 Å². The van der Waals surface area contributed by atoms with Crippen LogP contribution in [0.15, 0.2) is 79.9 Å². The Hall–Kier alpha value is -3.64. The van der Waals surface area contributed by atoms with E-state index in [4.69, 9.17) is 9.47 Å². The average Bonchev–Trinajstić information content (AvgIpc) is 3.78. The summed E-state index contributed by atoms with van der Waals surface area (Å²) in [4.78, 5) is 52.1. The van der Waals surface area contributed by atoms with E-state index in [2.05, 4.69) is 18.1 Å². The van der Waals surface area contributed by atoms with E-state index in [9.17, 15) is 19.5 Å². The maximum atomic E-state index is 15.0. The van der Waals surface area contributed by atoms with E-state index < -0.39 is 28.7 Å². The van der Waals surface area contributed by atoms with Crippen molar-refractivity contribution < 1.29 is 29.0 Å². The third-order valence-electron chi connectivity index (χ3n) is 10.4. The Labute approximate surface area is 293 Å². The number of aliphatic hydroxyl groups excluding tert-OH is 1. The molecule has 2 aromatic rings. The molecule has 6 rings (SSSR count). The van der Waals surface area contributed by atoms with Crippen molar-refractivity contribution in [3.8, 4) is 5.75 Å². The number of likely N-dealkylation sites (tertiary alicyclic amines) is 1. The van der Waals surface area contributed by atoms with Gasteiger partial charge in [0.1, 0.15) is 11.8 Å². The average molecular weight is 689 g/mol. The van der Waals surface area contributed by atoms with E-state index >= 15 is 0 Å². The monoisotopic (exact) mass is 688 g/mol. The number of carbonyl (C=O) groups excluding carboxylic acids is 3. The smallest absolute Gasteiger partial charge is 0.247 e. The van der Waals surface area contributed by atoms with Crippen molar-refractivity contribution in [1.82, 2.24) is 14.7 Å². The Morgan fingerprint density at radius 3 is 2.45 bits per heavy atom. The van der Waals surface area contributed by atoms with E-state index in [-0.39, 0.29) is 36.1 Å². The number of nitrogens with zero attached hydrogens (tertiary/aromatic N) is 4. The van der Waals surface area contributed by atoms with Gasteiger partial charge in [0.2, 0.25) is 17.7 Å². The van der Waals surface area contributed by atoms with Crippen LogP contribution in [0, 0.1) is 11.8 Å². The molecule has 49 heavy (non-hydrogen) atoms. The van der Waals surface area contributed by atoms with Crippen molar-refractivity contribution in [2.45, 2.75) is 41.8 Å². The first-order valence-electron chi connectivity index (χ1n) is 17.4. The molecule has 2 unspecified atom stereocenters. The Morgan fingerprint density at radius 1 is 1.08 bits per heavy atom. The Bertz CT molecular complexity index is 1500. The highest BCUT2D eigenvalue weighted by Crippen LogP contribution is 2.67. The van der Waals surface area contributed by atoms with Crippen LogP contribution in [0.1, 0.15) is 31.4 Å². The molecule has 10 nitrogen and oxygen atoms in total. The first-order valence-corrected chi connectivity index (χ1v) is 18.3. The van der Waals surface area contributed by atoms with Gasteiger partial charge in [-0.1, -0.05) is 42.5 Å². The highest BCUT2D eigenvalue weighted by Gasteiger charge is 2.74. The molecule has 0 aromatic heterocycles. The van der Waals surface area contributed by atoms with E-state index in [1.165, 1.54) is 0 Å². The SMILES string of the molecule is C=CCN(CCN1CCOCC1)C(=O)C1N([C@H](CO)c2ccccc2)C(=O)[C@@H]2[C@@H](C(=O)N(CC=C)c3ccc(OCC)cc3)[C@H]3CCC12S3. The van der Waals surface area contributed by atoms with Crippen LogP contribution in [0.3, 0.4) is 0 Å². The molecular formula is C38H48N4O6S. The second-order valence-electron chi connectivity index (χ2n) is 13.1. The summed E-state index contributed by atoms with van der Waals surface area (Å²) < 4.78 is 10.3. The van der Waals surface area contributed by atoms with Crippen LogP contribution >= 0.6 is 11.8 Å². The number of amides is 3. The van der Waals surface area contributed by atoms with Crippen molar-refractivity contribution in [2.24, 2.45) is 11.8 Å². The zero-order valence-corrected chi connectivity index (χ0v) is 29.1. The molecule has 4 aliphatic rings. The number of ether oxygens (including phenoxy) is 2. The fourth-order valence-electron chi connectivity index (χ4n) is 8.24. The van der Waals surface area contributed by atoms with Gasteiger partial charge in [0.05, 0.1) is 49.1 Å². The number of fused-ring (bicyclic) bond motifs is 1. The van der Waals surface area contributed by atoms with Gasteiger partial charge in [-0.15, -0.1) is 24.9 Å². The zero-order chi connectivity index (χ0) is 34.5. The van der Waals surface area contributed by atoms with Crippen molar-refractivity contribution in [3.05, 3.63) is 85.5 Å². The summed E-state index contributed by atoms with van der Waals surface area (Å²) in [7, 11) is 0. The van der Waals surface area contributed by atoms with Crippen LogP contribution in [-0.2, 0) is 19.1 Å². The van der Waals surface area contributed by atoms with Gasteiger partial charge in [-0.3, -0.25) is 19.3 Å². The molecule has 0 aliphatic carbocycles. The van der Waals surface area contributed by atoms with Gasteiger partial charge in [0, 0.05) is 50.2 Å². The van der Waals surface area contributed by atoms with E-state index in [1.807, 2.05) is 61.5 Å². The predicted octanol–water partition coefficient (Wildman–Crippen LogP) is 3.78. The summed E-state index contributed by atoms with van der Waals surface area (Å²) in [6, 6.07) is 15.2. The predicted molar refractivity (Wildman–Crippen MR) is 191 cm³/mol. The molecule has 4 fully saturated rings. The van der Waals surface area contributed by atoms with Crippen molar-refractivity contribution in [1.29, 1.82) is 0 Å². The quantitative estimate of drug-likeness (QED) is 0.283. The summed E-state index contributed by atoms with van der Waals surface area (Å²) in [6.45, 7) is 14.6. The minimum atomic E-state index is -0.849. The Balaban J connectivity index is 1.37. The summed E-state index contributed by atoms with van der Waals surface area (Å²) in [5.41, 5.74) is 1.45. The maximum absolute atomic E-state index is 15.0. The molecule has 3 amide bonds. The molecule has 4 saturated heterocycles. The number of aliphatic hydroxyl groups is 1. The van der Waals surface area contributed by atoms with E-state index in [0.29, 0.717) is 57.3 Å². The van der Waals surface area contributed by atoms with Crippen LogP contribution < -0.4 is 9.64 Å². The van der Waals surface area contributed by atoms with Crippen LogP contribution in [0.5, 0.6) is 5.75 Å². The third-order valence-corrected chi connectivity index (χ3v) is 12.4. The zero-order valence-electron chi connectivity index (χ0n) is 28.3. The lowest BCUT2D eigenvalue weighted by molar-refractivity contribution is -0.146. The number of morpholine rings is 1. The molecule has 4 heterocycles. The first kappa shape index (κ1) is 35.2. The van der Waals surface area contributed by atoms with Crippen LogP contribution in [0.4, 0.5) is 5.69 Å². The minimum absolute atomic E-state index is 0.112. The topological polar surface area (TPSA) is 103 Å². The van der Waals surface area contributed by atoms with E-state index in [0.717, 1.165) is 25.1 Å². The Morgan fingerprint density at radius 2 is 1.80 bits per heavy atom. The molecule has 11 heteroatoms. The highest BCUT2D eigenvalue weighted by molar-refractivity contribution is 8.02. The molecule has 262 valence electrons. The van der Waals surface area contributed by atoms with Crippen molar-refractivity contribution >= 4 is 35.2 Å². The fraction of sp³-hybridized carbons (Fsp3) is 0.500. The van der Waals surface area contributed by atoms with Gasteiger partial charge >= 0.3 is 0 Å². The van der Waals surface area contributed by atoms with Gasteiger partial charge < -0.3 is 29.3 Å². The number of benzene rings is 2. The number of hydrogen-bond acceptors (Lipinski definition) is 8. The summed E-state index contributed by atoms with van der Waals surface area (Å²) in [5, 5.41) is 10.8. The second kappa shape index (κ2) is 15.5. The molecule has 0 saturated carbocycles. The standard InChI is InChI=1S/C38H48N4O6S/c1-4-18-40(21-20-39-22-24-47-25-23-39)37(46)34-38-17-16-31(49-38)32(33(38)36(45)42(34)30(26-43)27-10-8-7-9-11-27)35(44)41(19-5-2)28-12-14-29(15-13-28)48-6-3/h4-5,7-15,30-34,43H,1-2,6,16-26H2,3H3/t30-,31-,32+,33+,34?,38?/m1/s1. The lowest BCUT2D eigenvalue weighted by Crippen LogP contribution is -2.56. The minimum Gasteiger partial charge on any atom is -0.494 e. The number of hydrogen-bond donors (Lipinski definition) is 1. The highest BCUT2D eigenvalue weighted by atomic mass is 32.2. The summed E-state index contributed by atoms with van der Waals surface area (Å²) in [5.74, 6) is -1.18. The molecule has 1 spiro atoms. The van der Waals surface area contributed by atoms with Gasteiger partial charge in [-0.05, 0) is 49.6 Å². The lowest BCUT2D eigenvalue weighted by Gasteiger charge is -2.40. The van der Waals surface area contributed by atoms with Crippen LogP contribution in [0.2, 0.25) is 0 Å². The number of rotatable bonds is 15. The van der Waals surface area contributed by atoms with Crippen LogP contribution in [0.25, 0.3) is 0 Å². The molecular weight excluding hydrogens is 641 g/mol. The number of thioether (sulfide) groups is 1.